The van der Waals surface area contributed by atoms with Gasteiger partial charge in [-0.3, -0.25) is 13.9 Å². The lowest BCUT2D eigenvalue weighted by molar-refractivity contribution is -0.140. The molecule has 0 spiro atoms. The van der Waals surface area contributed by atoms with Crippen molar-refractivity contribution in [2.75, 3.05) is 18.0 Å². The average Bonchev–Trinajstić information content (AvgIpc) is 3.06. The Hall–Kier alpha value is -4.63. The first-order chi connectivity index (χ1) is 22.0. The number of nitrogens with zero attached hydrogens (tertiary/aromatic N) is 2. The van der Waals surface area contributed by atoms with E-state index >= 15 is 0 Å². The van der Waals surface area contributed by atoms with Crippen LogP contribution in [-0.2, 0) is 32.6 Å². The van der Waals surface area contributed by atoms with Crippen LogP contribution >= 0.6 is 0 Å². The fourth-order valence-electron chi connectivity index (χ4n) is 5.16. The summed E-state index contributed by atoms with van der Waals surface area (Å²) >= 11 is 0. The van der Waals surface area contributed by atoms with Crippen LogP contribution in [0.5, 0.6) is 5.75 Å². The van der Waals surface area contributed by atoms with E-state index in [0.29, 0.717) is 23.4 Å². The maximum atomic E-state index is 14.6. The predicted octanol–water partition coefficient (Wildman–Crippen LogP) is 6.06. The molecule has 46 heavy (non-hydrogen) atoms. The van der Waals surface area contributed by atoms with Gasteiger partial charge in [0.2, 0.25) is 11.8 Å². The Kier molecular flexibility index (Phi) is 11.6. The van der Waals surface area contributed by atoms with Crippen molar-refractivity contribution in [3.05, 3.63) is 125 Å². The van der Waals surface area contributed by atoms with E-state index in [1.54, 1.807) is 49.6 Å². The zero-order valence-electron chi connectivity index (χ0n) is 27.1. The number of para-hydroxylation sites is 1. The van der Waals surface area contributed by atoms with Crippen molar-refractivity contribution in [3.8, 4) is 5.75 Å². The number of hydrogen-bond donors (Lipinski definition) is 1. The van der Waals surface area contributed by atoms with E-state index in [-0.39, 0.29) is 29.8 Å². The molecule has 8 nitrogen and oxygen atoms in total. The van der Waals surface area contributed by atoms with Gasteiger partial charge in [-0.2, -0.15) is 0 Å². The first-order valence-electron chi connectivity index (χ1n) is 15.4. The lowest BCUT2D eigenvalue weighted by Crippen LogP contribution is -2.54. The molecule has 0 bridgehead atoms. The van der Waals surface area contributed by atoms with Gasteiger partial charge in [0.1, 0.15) is 18.3 Å². The molecule has 0 aliphatic heterocycles. The van der Waals surface area contributed by atoms with Crippen molar-refractivity contribution in [2.45, 2.75) is 64.1 Å². The summed E-state index contributed by atoms with van der Waals surface area (Å²) in [6.45, 7) is 7.14. The standard InChI is InChI=1S/C37H43N3O5S/c1-6-29(4)38-37(42)35(24-30-14-8-7-9-15-30)39(25-31-16-12-17-32(23-31)45-5)36(41)26-40(34-18-11-10-13-28(34)3)46(43,44)33-21-19-27(2)20-22-33/h7-23,29,35H,6,24-26H2,1-5H3,(H,38,42)/t29-,35+/m1/s1. The van der Waals surface area contributed by atoms with E-state index in [9.17, 15) is 18.0 Å². The number of anilines is 1. The number of sulfonamides is 1. The van der Waals surface area contributed by atoms with Crippen LogP contribution in [0.3, 0.4) is 0 Å². The van der Waals surface area contributed by atoms with Gasteiger partial charge in [0.25, 0.3) is 10.0 Å². The number of amides is 2. The Bertz CT molecular complexity index is 1730. The SMILES string of the molecule is CC[C@@H](C)NC(=O)[C@H](Cc1ccccc1)N(Cc1cccc(OC)c1)C(=O)CN(c1ccccc1C)S(=O)(=O)c1ccc(C)cc1. The van der Waals surface area contributed by atoms with E-state index in [0.717, 1.165) is 21.0 Å². The highest BCUT2D eigenvalue weighted by molar-refractivity contribution is 7.92. The molecule has 242 valence electrons. The third-order valence-corrected chi connectivity index (χ3v) is 9.81. The van der Waals surface area contributed by atoms with Gasteiger partial charge < -0.3 is 15.0 Å². The van der Waals surface area contributed by atoms with Crippen molar-refractivity contribution in [2.24, 2.45) is 0 Å². The van der Waals surface area contributed by atoms with Crippen LogP contribution in [0.15, 0.2) is 108 Å². The lowest BCUT2D eigenvalue weighted by Gasteiger charge is -2.34. The molecule has 2 amide bonds. The fourth-order valence-corrected chi connectivity index (χ4v) is 6.64. The van der Waals surface area contributed by atoms with Gasteiger partial charge in [0.05, 0.1) is 17.7 Å². The minimum Gasteiger partial charge on any atom is -0.497 e. The predicted molar refractivity (Wildman–Crippen MR) is 182 cm³/mol. The molecule has 0 unspecified atom stereocenters. The summed E-state index contributed by atoms with van der Waals surface area (Å²) in [5, 5.41) is 3.06. The number of ether oxygens (including phenoxy) is 1. The van der Waals surface area contributed by atoms with E-state index < -0.39 is 28.5 Å². The van der Waals surface area contributed by atoms with Gasteiger partial charge in [-0.05, 0) is 74.2 Å². The van der Waals surface area contributed by atoms with Gasteiger partial charge >= 0.3 is 0 Å². The largest absolute Gasteiger partial charge is 0.497 e. The van der Waals surface area contributed by atoms with E-state index in [1.807, 2.05) is 88.4 Å². The molecule has 1 N–H and O–H groups in total. The number of carbonyl (C=O) groups excluding carboxylic acids is 2. The van der Waals surface area contributed by atoms with Gasteiger partial charge in [-0.25, -0.2) is 8.42 Å². The zero-order chi connectivity index (χ0) is 33.3. The third-order valence-electron chi connectivity index (χ3n) is 8.03. The van der Waals surface area contributed by atoms with Crippen molar-refractivity contribution < 1.29 is 22.7 Å². The zero-order valence-corrected chi connectivity index (χ0v) is 28.0. The van der Waals surface area contributed by atoms with Crippen LogP contribution < -0.4 is 14.4 Å². The van der Waals surface area contributed by atoms with Crippen molar-refractivity contribution in [1.29, 1.82) is 0 Å². The highest BCUT2D eigenvalue weighted by Crippen LogP contribution is 2.28. The third kappa shape index (κ3) is 8.54. The number of carbonyl (C=O) groups is 2. The van der Waals surface area contributed by atoms with E-state index in [4.69, 9.17) is 4.74 Å². The van der Waals surface area contributed by atoms with Crippen LogP contribution in [0.25, 0.3) is 0 Å². The van der Waals surface area contributed by atoms with Gasteiger partial charge in [-0.15, -0.1) is 0 Å². The summed E-state index contributed by atoms with van der Waals surface area (Å²) in [6.07, 6.45) is 0.956. The highest BCUT2D eigenvalue weighted by atomic mass is 32.2. The maximum Gasteiger partial charge on any atom is 0.264 e. The molecule has 0 radical (unpaired) electrons. The monoisotopic (exact) mass is 641 g/mol. The molecule has 4 rings (SSSR count). The van der Waals surface area contributed by atoms with Crippen LogP contribution in [0.1, 0.15) is 42.5 Å². The Morgan fingerprint density at radius 2 is 1.50 bits per heavy atom. The molecule has 9 heteroatoms. The number of methoxy groups -OCH3 is 1. The quantitative estimate of drug-likeness (QED) is 0.181. The van der Waals surface area contributed by atoms with E-state index in [2.05, 4.69) is 5.32 Å². The average molecular weight is 642 g/mol. The summed E-state index contributed by atoms with van der Waals surface area (Å²) in [5.41, 5.74) is 3.62. The number of nitrogens with one attached hydrogen (secondary N) is 1. The number of rotatable bonds is 14. The molecule has 0 fully saturated rings. The van der Waals surface area contributed by atoms with Crippen LogP contribution in [-0.4, -0.2) is 50.9 Å². The highest BCUT2D eigenvalue weighted by Gasteiger charge is 2.35. The topological polar surface area (TPSA) is 96.0 Å². The molecule has 0 aliphatic rings. The molecule has 0 saturated heterocycles. The van der Waals surface area contributed by atoms with Crippen LogP contribution in [0.2, 0.25) is 0 Å². The second kappa shape index (κ2) is 15.6. The Balaban J connectivity index is 1.83. The summed E-state index contributed by atoms with van der Waals surface area (Å²) in [4.78, 5) is 30.2. The van der Waals surface area contributed by atoms with Crippen molar-refractivity contribution in [3.63, 3.8) is 0 Å². The number of hydrogen-bond acceptors (Lipinski definition) is 5. The molecular weight excluding hydrogens is 598 g/mol. The van der Waals surface area contributed by atoms with Crippen molar-refractivity contribution >= 4 is 27.5 Å². The summed E-state index contributed by atoms with van der Waals surface area (Å²) in [6, 6.07) is 29.4. The van der Waals surface area contributed by atoms with Gasteiger partial charge in [0, 0.05) is 19.0 Å². The van der Waals surface area contributed by atoms with Crippen LogP contribution in [0.4, 0.5) is 5.69 Å². The molecule has 0 heterocycles. The van der Waals surface area contributed by atoms with Gasteiger partial charge in [-0.1, -0.05) is 85.3 Å². The summed E-state index contributed by atoms with van der Waals surface area (Å²) < 4.78 is 35.1. The normalized spacial score (nSPS) is 12.5. The summed E-state index contributed by atoms with van der Waals surface area (Å²) in [7, 11) is -2.60. The second-order valence-corrected chi connectivity index (χ2v) is 13.4. The maximum absolute atomic E-state index is 14.6. The Labute approximate surface area is 273 Å². The number of benzene rings is 4. The van der Waals surface area contributed by atoms with Crippen molar-refractivity contribution in [1.82, 2.24) is 10.2 Å². The molecule has 4 aromatic rings. The minimum atomic E-state index is -4.17. The molecule has 0 saturated carbocycles. The first kappa shape index (κ1) is 34.2. The molecular formula is C37H43N3O5S. The lowest BCUT2D eigenvalue weighted by atomic mass is 10.0. The fraction of sp³-hybridized carbons (Fsp3) is 0.297. The van der Waals surface area contributed by atoms with Gasteiger partial charge in [0.15, 0.2) is 0 Å². The van der Waals surface area contributed by atoms with E-state index in [1.165, 1.54) is 4.90 Å². The second-order valence-electron chi connectivity index (χ2n) is 11.5. The first-order valence-corrected chi connectivity index (χ1v) is 16.9. The molecule has 0 aliphatic carbocycles. The number of aryl methyl sites for hydroxylation is 2. The molecule has 4 aromatic carbocycles. The Morgan fingerprint density at radius 1 is 0.848 bits per heavy atom. The van der Waals surface area contributed by atoms with Crippen LogP contribution in [0, 0.1) is 13.8 Å². The smallest absolute Gasteiger partial charge is 0.264 e. The molecule has 2 atom stereocenters. The Morgan fingerprint density at radius 3 is 2.15 bits per heavy atom. The molecule has 0 aromatic heterocycles. The minimum absolute atomic E-state index is 0.0631. The summed E-state index contributed by atoms with van der Waals surface area (Å²) in [5.74, 6) is -0.211.